The minimum atomic E-state index is -0.801. The van der Waals surface area contributed by atoms with Crippen molar-refractivity contribution in [3.05, 3.63) is 211 Å². The van der Waals surface area contributed by atoms with Crippen LogP contribution in [-0.4, -0.2) is 106 Å². The fourth-order valence-corrected chi connectivity index (χ4v) is 10.7. The highest BCUT2D eigenvalue weighted by Gasteiger charge is 2.36. The number of nitrogens with zero attached hydrogens (tertiary/aromatic N) is 3. The maximum Gasteiger partial charge on any atom is 0.162 e. The number of carbonyl (C=O) groups excluding carboxylic acids is 3. The zero-order chi connectivity index (χ0) is 55.7. The molecular formula is C63H69Cl3F3N3O6. The van der Waals surface area contributed by atoms with E-state index in [1.807, 2.05) is 72.8 Å². The Morgan fingerprint density at radius 3 is 0.769 bits per heavy atom. The summed E-state index contributed by atoms with van der Waals surface area (Å²) in [4.78, 5) is 43.2. The number of hydrogen-bond acceptors (Lipinski definition) is 9. The molecule has 0 saturated carbocycles. The summed E-state index contributed by atoms with van der Waals surface area (Å²) >= 11 is 17.8. The third kappa shape index (κ3) is 17.9. The van der Waals surface area contributed by atoms with E-state index in [9.17, 15) is 42.9 Å². The summed E-state index contributed by atoms with van der Waals surface area (Å²) in [6.07, 6.45) is 7.63. The molecule has 3 saturated heterocycles. The lowest BCUT2D eigenvalue weighted by Gasteiger charge is -2.38. The van der Waals surface area contributed by atoms with Gasteiger partial charge in [0, 0.05) is 90.3 Å². The van der Waals surface area contributed by atoms with Crippen LogP contribution in [0.3, 0.4) is 0 Å². The second-order valence-corrected chi connectivity index (χ2v) is 22.1. The minimum Gasteiger partial charge on any atom is -0.385 e. The van der Waals surface area contributed by atoms with Gasteiger partial charge in [-0.2, -0.15) is 0 Å². The summed E-state index contributed by atoms with van der Waals surface area (Å²) in [5.74, 6) is -0.867. The van der Waals surface area contributed by atoms with E-state index in [2.05, 4.69) is 14.7 Å². The van der Waals surface area contributed by atoms with Gasteiger partial charge in [-0.1, -0.05) is 71.2 Å². The maximum atomic E-state index is 12.9. The molecule has 3 aliphatic heterocycles. The van der Waals surface area contributed by atoms with Crippen LogP contribution in [-0.2, 0) is 16.8 Å². The van der Waals surface area contributed by atoms with E-state index < -0.39 is 16.8 Å². The Morgan fingerprint density at radius 1 is 0.359 bits per heavy atom. The third-order valence-electron chi connectivity index (χ3n) is 15.3. The molecule has 0 amide bonds. The van der Waals surface area contributed by atoms with Gasteiger partial charge in [-0.25, -0.2) is 13.2 Å². The normalized spacial score (nSPS) is 17.2. The van der Waals surface area contributed by atoms with Crippen molar-refractivity contribution < 1.29 is 42.9 Å². The van der Waals surface area contributed by atoms with Gasteiger partial charge >= 0.3 is 0 Å². The van der Waals surface area contributed by atoms with Crippen LogP contribution in [0.4, 0.5) is 13.2 Å². The van der Waals surface area contributed by atoms with Crippen LogP contribution in [0.2, 0.25) is 15.1 Å². The van der Waals surface area contributed by atoms with Crippen LogP contribution in [0.1, 0.15) is 125 Å². The quantitative estimate of drug-likeness (QED) is 0.0722. The smallest absolute Gasteiger partial charge is 0.162 e. The van der Waals surface area contributed by atoms with Gasteiger partial charge in [-0.05, 0) is 203 Å². The number of piperidine rings is 3. The SMILES string of the molecule is O=C(CCCN1CCC(O)(c2ccc(Cl)cc2)CC1)c1ccc(F)cc1.O=C(CCCN1CCC(O)(c2ccc(Cl)cc2)CC1)c1ccc(F)cc1.O=C(CCCN1CCC(O)(c2ccc(Cl)cc2)CC1)c1ccc(F)cc1. The van der Waals surface area contributed by atoms with Crippen LogP contribution < -0.4 is 0 Å². The molecule has 0 radical (unpaired) electrons. The predicted molar refractivity (Wildman–Crippen MR) is 303 cm³/mol. The second-order valence-electron chi connectivity index (χ2n) is 20.7. The summed E-state index contributed by atoms with van der Waals surface area (Å²) < 4.78 is 38.7. The van der Waals surface area contributed by atoms with Crippen molar-refractivity contribution in [2.24, 2.45) is 0 Å². The first-order valence-electron chi connectivity index (χ1n) is 26.9. The molecular weight excluding hydrogens is 1060 g/mol. The molecule has 0 spiro atoms. The summed E-state index contributed by atoms with van der Waals surface area (Å²) in [7, 11) is 0. The monoisotopic (exact) mass is 1130 g/mol. The van der Waals surface area contributed by atoms with Gasteiger partial charge in [0.15, 0.2) is 17.3 Å². The second kappa shape index (κ2) is 28.8. The van der Waals surface area contributed by atoms with Crippen LogP contribution >= 0.6 is 34.8 Å². The van der Waals surface area contributed by atoms with Crippen molar-refractivity contribution in [1.82, 2.24) is 14.7 Å². The molecule has 3 aliphatic rings. The number of likely N-dealkylation sites (tertiary alicyclic amines) is 3. The van der Waals surface area contributed by atoms with Crippen molar-refractivity contribution in [3.63, 3.8) is 0 Å². The van der Waals surface area contributed by atoms with E-state index in [0.29, 0.717) is 89.5 Å². The average molecular weight is 1130 g/mol. The molecule has 0 atom stereocenters. The van der Waals surface area contributed by atoms with E-state index in [-0.39, 0.29) is 34.8 Å². The summed E-state index contributed by atoms with van der Waals surface area (Å²) in [6, 6.07) is 39.3. The van der Waals surface area contributed by atoms with E-state index >= 15 is 0 Å². The summed E-state index contributed by atoms with van der Waals surface area (Å²) in [6.45, 7) is 7.24. The maximum absolute atomic E-state index is 12.9. The molecule has 3 N–H and O–H groups in total. The molecule has 414 valence electrons. The summed E-state index contributed by atoms with van der Waals surface area (Å²) in [5, 5.41) is 34.6. The Hall–Kier alpha value is -5.25. The van der Waals surface area contributed by atoms with E-state index in [1.165, 1.54) is 72.8 Å². The van der Waals surface area contributed by atoms with Crippen LogP contribution in [0.5, 0.6) is 0 Å². The first kappa shape index (κ1) is 60.4. The number of halogens is 6. The van der Waals surface area contributed by atoms with Crippen LogP contribution in [0.15, 0.2) is 146 Å². The van der Waals surface area contributed by atoms with Gasteiger partial charge in [0.05, 0.1) is 16.8 Å². The zero-order valence-corrected chi connectivity index (χ0v) is 46.1. The average Bonchev–Trinajstić information content (AvgIpc) is 3.45. The molecule has 0 aromatic heterocycles. The van der Waals surface area contributed by atoms with Crippen molar-refractivity contribution in [2.45, 2.75) is 93.9 Å². The van der Waals surface area contributed by atoms with Crippen molar-refractivity contribution in [3.8, 4) is 0 Å². The van der Waals surface area contributed by atoms with Crippen molar-refractivity contribution in [2.75, 3.05) is 58.9 Å². The molecule has 78 heavy (non-hydrogen) atoms. The highest BCUT2D eigenvalue weighted by atomic mass is 35.5. The molecule has 0 unspecified atom stereocenters. The molecule has 0 aliphatic carbocycles. The van der Waals surface area contributed by atoms with Crippen molar-refractivity contribution >= 4 is 52.2 Å². The third-order valence-corrected chi connectivity index (χ3v) is 16.1. The Kier molecular flexibility index (Phi) is 22.3. The predicted octanol–water partition coefficient (Wildman–Crippen LogP) is 13.3. The minimum absolute atomic E-state index is 0.0414. The van der Waals surface area contributed by atoms with E-state index in [1.54, 1.807) is 0 Å². The van der Waals surface area contributed by atoms with Gasteiger partial charge < -0.3 is 30.0 Å². The molecule has 3 fully saturated rings. The first-order chi connectivity index (χ1) is 37.4. The van der Waals surface area contributed by atoms with Gasteiger partial charge in [-0.3, -0.25) is 14.4 Å². The van der Waals surface area contributed by atoms with Crippen LogP contribution in [0, 0.1) is 17.5 Å². The molecule has 9 nitrogen and oxygen atoms in total. The lowest BCUT2D eigenvalue weighted by atomic mass is 9.84. The zero-order valence-electron chi connectivity index (χ0n) is 43.9. The number of Topliss-reactive ketones (excluding diaryl/α,β-unsaturated/α-hetero) is 3. The molecule has 0 bridgehead atoms. The summed E-state index contributed by atoms with van der Waals surface area (Å²) in [5.41, 5.74) is 2.00. The van der Waals surface area contributed by atoms with E-state index in [0.717, 1.165) is 94.9 Å². The Balaban J connectivity index is 0.000000170. The first-order valence-corrected chi connectivity index (χ1v) is 28.0. The number of hydrogen-bond donors (Lipinski definition) is 3. The van der Waals surface area contributed by atoms with Gasteiger partial charge in [0.1, 0.15) is 17.5 Å². The standard InChI is InChI=1S/3C21H23ClFNO2/c3*22-18-7-5-17(6-8-18)21(26)11-14-24(15-12-21)13-1-2-20(25)16-3-9-19(23)10-4-16/h3*3-10,26H,1-2,11-15H2. The lowest BCUT2D eigenvalue weighted by molar-refractivity contribution is -0.0263. The number of rotatable bonds is 18. The topological polar surface area (TPSA) is 122 Å². The van der Waals surface area contributed by atoms with Gasteiger partial charge in [-0.15, -0.1) is 0 Å². The van der Waals surface area contributed by atoms with Gasteiger partial charge in [0.25, 0.3) is 0 Å². The number of aliphatic hydroxyl groups is 3. The number of benzene rings is 6. The van der Waals surface area contributed by atoms with Crippen molar-refractivity contribution in [1.29, 1.82) is 0 Å². The fraction of sp³-hybridized carbons (Fsp3) is 0.381. The molecule has 6 aromatic rings. The fourth-order valence-electron chi connectivity index (χ4n) is 10.3. The Morgan fingerprint density at radius 2 is 0.564 bits per heavy atom. The molecule has 6 aromatic carbocycles. The van der Waals surface area contributed by atoms with E-state index in [4.69, 9.17) is 34.8 Å². The molecule has 9 rings (SSSR count). The van der Waals surface area contributed by atoms with Gasteiger partial charge in [0.2, 0.25) is 0 Å². The number of ketones is 3. The highest BCUT2D eigenvalue weighted by molar-refractivity contribution is 6.31. The molecule has 3 heterocycles. The Bertz CT molecular complexity index is 2520. The lowest BCUT2D eigenvalue weighted by Crippen LogP contribution is -2.42. The molecule has 15 heteroatoms. The largest absolute Gasteiger partial charge is 0.385 e. The number of carbonyl (C=O) groups is 3. The Labute approximate surface area is 471 Å². The van der Waals surface area contributed by atoms with Crippen LogP contribution in [0.25, 0.3) is 0 Å². The highest BCUT2D eigenvalue weighted by Crippen LogP contribution is 2.36.